The Kier molecular flexibility index (Phi) is 14.5. The molecule has 3 unspecified atom stereocenters. The molecule has 0 aromatic carbocycles. The number of halogens is 9. The molecule has 24 heterocycles. The van der Waals surface area contributed by atoms with E-state index in [1.165, 1.54) is 13.8 Å². The Hall–Kier alpha value is -11.7. The first-order chi connectivity index (χ1) is 56.5. The van der Waals surface area contributed by atoms with E-state index in [-0.39, 0.29) is 40.8 Å². The average Bonchev–Trinajstić information content (AvgIpc) is 1.47. The van der Waals surface area contributed by atoms with Gasteiger partial charge in [0, 0.05) is 117 Å². The number of hydrogen-bond donors (Lipinski definition) is 0. The maximum Gasteiger partial charge on any atom is 0.423 e. The number of alkyl halides is 9. The van der Waals surface area contributed by atoms with E-state index in [0.717, 1.165) is 171 Å². The predicted octanol–water partition coefficient (Wildman–Crippen LogP) is 13.2. The number of amidine groups is 12. The standard InChI is InChI=1S/C37H45F3N8.C29H29F3N8.C21H13F3N8/c1-32(2,3)16-20-12-24-42-29-22(18-34(7,8)9)14-26-44-31-23(19-35(10,11)36(38,39)40)15-27-43-30-21(17-33(4,5)6)13-25-41-28(20)45(24)37(46(25)30,47(26)29)48(27)31;1-4-7-16-12-20-34-25-18(9-6-3)14-22-36-27-19(10-11-28(30,31)32)15-23-35-26-17(8-5-2)13-21-33-24(16)37(20)29(38(21)26,39(22)25)40(23)27;1-8-4-12-26-17-10(3)6-14-28-19-11(20(22,23)24)7-15-27-18-9(2)5-13-25-16(8)29(12)21(30(13)18,31(14)17)32(15)19/h12-15H,16-19H2,1-11H3;12-15H,4-11H2,1-3H3;4-7H,1-3H3/q3*+2. The third kappa shape index (κ3) is 9.61. The van der Waals surface area contributed by atoms with Gasteiger partial charge in [-0.25, -0.2) is 42.4 Å². The van der Waals surface area contributed by atoms with Crippen LogP contribution >= 0.6 is 0 Å². The summed E-state index contributed by atoms with van der Waals surface area (Å²) in [6, 6.07) is 12.2. The normalized spacial score (nSPS) is 23.1. The molecule has 24 nitrogen and oxygen atoms in total. The lowest BCUT2D eigenvalue weighted by atomic mass is 9.84. The highest BCUT2D eigenvalue weighted by Gasteiger charge is 2.73. The Morgan fingerprint density at radius 2 is 0.733 bits per heavy atom. The van der Waals surface area contributed by atoms with Gasteiger partial charge in [-0.3, -0.25) is 0 Å². The van der Waals surface area contributed by atoms with Crippen molar-refractivity contribution in [3.05, 3.63) is 173 Å². The van der Waals surface area contributed by atoms with Gasteiger partial charge in [0.05, 0.1) is 5.41 Å². The quantitative estimate of drug-likeness (QED) is 0.0785. The molecule has 0 saturated carbocycles. The van der Waals surface area contributed by atoms with Crippen LogP contribution in [0.1, 0.15) is 189 Å². The van der Waals surface area contributed by atoms with E-state index >= 15 is 0 Å². The van der Waals surface area contributed by atoms with Gasteiger partial charge in [0.1, 0.15) is 39.5 Å². The highest BCUT2D eigenvalue weighted by atomic mass is 19.4. The van der Waals surface area contributed by atoms with E-state index in [1.54, 1.807) is 16.7 Å². The molecule has 6 aromatic rings. The van der Waals surface area contributed by atoms with Crippen LogP contribution in [0.15, 0.2) is 166 Å². The van der Waals surface area contributed by atoms with Crippen molar-refractivity contribution in [2.45, 2.75) is 231 Å². The van der Waals surface area contributed by atoms with Crippen LogP contribution in [0.3, 0.4) is 0 Å². The van der Waals surface area contributed by atoms with E-state index in [0.29, 0.717) is 80.4 Å². The Morgan fingerprint density at radius 3 is 1.30 bits per heavy atom. The summed E-state index contributed by atoms with van der Waals surface area (Å²) in [6.45, 7) is 34.6. The lowest BCUT2D eigenvalue weighted by Crippen LogP contribution is -2.71. The number of rotatable bonds is 13. The molecule has 0 saturated heterocycles. The predicted molar refractivity (Wildman–Crippen MR) is 431 cm³/mol. The fraction of sp³-hybridized carbons (Fsp3) is 0.448. The van der Waals surface area contributed by atoms with Gasteiger partial charge < -0.3 is 0 Å². The smallest absolute Gasteiger partial charge is 0.212 e. The van der Waals surface area contributed by atoms with Crippen molar-refractivity contribution in [1.82, 2.24) is 27.4 Å². The van der Waals surface area contributed by atoms with Crippen LogP contribution < -0.4 is 32.9 Å². The molecule has 33 heteroatoms. The zero-order valence-electron chi connectivity index (χ0n) is 69.5. The molecule has 24 rings (SSSR count). The third-order valence-electron chi connectivity index (χ3n) is 25.0. The van der Waals surface area contributed by atoms with E-state index in [2.05, 4.69) is 161 Å². The van der Waals surface area contributed by atoms with Crippen molar-refractivity contribution >= 4 is 105 Å². The molecule has 0 amide bonds. The number of nitrogens with zero attached hydrogens (tertiary/aromatic N) is 24. The molecule has 3 spiro atoms. The molecule has 18 aliphatic rings. The van der Waals surface area contributed by atoms with E-state index in [4.69, 9.17) is 49.9 Å². The van der Waals surface area contributed by atoms with E-state index < -0.39 is 53.7 Å². The molecular weight excluding hydrogens is 1550 g/mol. The van der Waals surface area contributed by atoms with E-state index in [9.17, 15) is 39.5 Å². The molecule has 0 radical (unpaired) electrons. The SMILES string of the molecule is CC(C)(C)CC1=CC2=[N+]3C1=NC1=[N+]4C(=Nc5cc(CC(C)(C)C)c6n5C43n3c(cc(CC(C)(C)C)c3=N2)=N6)C(CC(C)(C)C(F)(F)F)=C1.CC1=CC2=[N+]3C1=NC1=[N+]4C(=Nc5cc(C)c6n5C34n3c(cc(C)c3=N2)=N6)C(C(F)(F)F)=C1.CCCC1=CC2=[N+]3C1=NC1=[N+]4C(=Nc5cc(CCC)c6n5C43n3c(cc(CCC)c3=N2)=N6)C(CCC(F)(F)F)=C1. The van der Waals surface area contributed by atoms with Crippen molar-refractivity contribution in [2.24, 2.45) is 81.6 Å². The van der Waals surface area contributed by atoms with Crippen LogP contribution in [0.4, 0.5) is 74.4 Å². The second-order valence-electron chi connectivity index (χ2n) is 38.4. The van der Waals surface area contributed by atoms with Crippen molar-refractivity contribution in [3.63, 3.8) is 0 Å². The molecule has 0 fully saturated rings. The first-order valence-electron chi connectivity index (χ1n) is 41.3. The van der Waals surface area contributed by atoms with Gasteiger partial charge in [-0.2, -0.15) is 39.5 Å². The molecule has 612 valence electrons. The summed E-state index contributed by atoms with van der Waals surface area (Å²) in [7, 11) is 0. The topological polar surface area (TPSA) is 196 Å². The van der Waals surface area contributed by atoms with Crippen LogP contribution in [-0.2, 0) is 43.4 Å². The summed E-state index contributed by atoms with van der Waals surface area (Å²) in [5.74, 6) is 7.30. The summed E-state index contributed by atoms with van der Waals surface area (Å²) in [6.07, 6.45) is 4.01. The summed E-state index contributed by atoms with van der Waals surface area (Å²) in [5.41, 5.74) is 11.8. The van der Waals surface area contributed by atoms with Crippen molar-refractivity contribution < 1.29 is 67.0 Å². The van der Waals surface area contributed by atoms with Crippen molar-refractivity contribution in [2.75, 3.05) is 0 Å². The van der Waals surface area contributed by atoms with Crippen LogP contribution in [-0.4, -0.2) is 143 Å². The summed E-state index contributed by atoms with van der Waals surface area (Å²) < 4.78 is 150. The third-order valence-corrected chi connectivity index (χ3v) is 25.0. The monoisotopic (exact) mass is 1640 g/mol. The van der Waals surface area contributed by atoms with Gasteiger partial charge in [0.2, 0.25) is 33.9 Å². The summed E-state index contributed by atoms with van der Waals surface area (Å²) in [5, 5.41) is 0. The van der Waals surface area contributed by atoms with Crippen LogP contribution in [0, 0.1) is 35.5 Å². The number of aromatic nitrogens is 6. The summed E-state index contributed by atoms with van der Waals surface area (Å²) >= 11 is 0. The zero-order valence-corrected chi connectivity index (χ0v) is 69.5. The fourth-order valence-corrected chi connectivity index (χ4v) is 20.6. The average molecular weight is 1640 g/mol. The van der Waals surface area contributed by atoms with Gasteiger partial charge in [0.15, 0.2) is 0 Å². The largest absolute Gasteiger partial charge is 0.423 e. The maximum absolute atomic E-state index is 14.4. The van der Waals surface area contributed by atoms with Gasteiger partial charge in [-0.05, 0) is 112 Å². The van der Waals surface area contributed by atoms with Gasteiger partial charge >= 0.3 is 36.3 Å². The first-order valence-corrected chi connectivity index (χ1v) is 41.3. The Bertz CT molecular complexity index is 7120. The second kappa shape index (κ2) is 23.3. The number of hydrogen-bond acceptors (Lipinski definition) is 12. The molecule has 18 aliphatic heterocycles. The minimum absolute atomic E-state index is 0.0228. The lowest BCUT2D eigenvalue weighted by molar-refractivity contribution is -0.792. The molecule has 0 N–H and O–H groups in total. The van der Waals surface area contributed by atoms with E-state index in [1.807, 2.05) is 57.3 Å². The molecule has 0 aliphatic carbocycles. The number of aryl methyl sites for hydroxylation is 4. The van der Waals surface area contributed by atoms with Gasteiger partial charge in [-0.15, -0.1) is 27.5 Å². The molecule has 0 bridgehead atoms. The Morgan fingerprint density at radius 1 is 0.333 bits per heavy atom. The molecule has 6 aromatic heterocycles. The molecule has 120 heavy (non-hydrogen) atoms. The number of aliphatic imine (C=N–C) groups is 6. The van der Waals surface area contributed by atoms with Crippen LogP contribution in [0.25, 0.3) is 0 Å². The zero-order chi connectivity index (χ0) is 84.2. The van der Waals surface area contributed by atoms with Crippen LogP contribution in [0.2, 0.25) is 0 Å². The Labute approximate surface area is 681 Å². The second-order valence-corrected chi connectivity index (χ2v) is 38.4. The Balaban J connectivity index is 0.000000110. The van der Waals surface area contributed by atoms with Gasteiger partial charge in [0.25, 0.3) is 70.0 Å². The minimum atomic E-state index is -4.58. The highest BCUT2D eigenvalue weighted by molar-refractivity contribution is 6.21. The van der Waals surface area contributed by atoms with Crippen LogP contribution in [0.5, 0.6) is 0 Å². The molecule has 3 atom stereocenters. The fourth-order valence-electron chi connectivity index (χ4n) is 20.6. The van der Waals surface area contributed by atoms with Crippen molar-refractivity contribution in [1.29, 1.82) is 0 Å². The van der Waals surface area contributed by atoms with Gasteiger partial charge in [-0.1, -0.05) is 161 Å². The minimum Gasteiger partial charge on any atom is -0.212 e. The molecular formula is C87H87F9N24+6. The lowest BCUT2D eigenvalue weighted by Gasteiger charge is -2.42. The first kappa shape index (κ1) is 74.6. The maximum atomic E-state index is 14.4. The van der Waals surface area contributed by atoms with Crippen molar-refractivity contribution in [3.8, 4) is 0 Å². The highest BCUT2D eigenvalue weighted by Crippen LogP contribution is 2.55. The summed E-state index contributed by atoms with van der Waals surface area (Å²) in [4.78, 5) is 60.4.